The SMILES string of the molecule is CC(NC(C)c1ccc2c(c1)OCO2)C(N)=O. The molecule has 1 heterocycles. The number of nitrogens with one attached hydrogen (secondary N) is 1. The van der Waals surface area contributed by atoms with E-state index in [-0.39, 0.29) is 24.8 Å². The number of rotatable bonds is 4. The van der Waals surface area contributed by atoms with E-state index in [0.29, 0.717) is 0 Å². The molecule has 0 saturated carbocycles. The monoisotopic (exact) mass is 236 g/mol. The molecular weight excluding hydrogens is 220 g/mol. The normalized spacial score (nSPS) is 16.6. The minimum Gasteiger partial charge on any atom is -0.454 e. The zero-order chi connectivity index (χ0) is 12.4. The molecular formula is C12H16N2O3. The molecule has 0 fully saturated rings. The molecule has 1 aromatic rings. The first-order chi connectivity index (χ1) is 8.08. The fraction of sp³-hybridized carbons (Fsp3) is 0.417. The molecule has 0 saturated heterocycles. The van der Waals surface area contributed by atoms with Crippen LogP contribution in [-0.4, -0.2) is 18.7 Å². The molecule has 2 unspecified atom stereocenters. The second-order valence-electron chi connectivity index (χ2n) is 4.13. The Hall–Kier alpha value is -1.75. The van der Waals surface area contributed by atoms with Gasteiger partial charge in [-0.2, -0.15) is 0 Å². The van der Waals surface area contributed by atoms with Crippen molar-refractivity contribution in [2.75, 3.05) is 6.79 Å². The fourth-order valence-electron chi connectivity index (χ4n) is 1.74. The lowest BCUT2D eigenvalue weighted by molar-refractivity contribution is -0.119. The van der Waals surface area contributed by atoms with Gasteiger partial charge in [0.15, 0.2) is 11.5 Å². The largest absolute Gasteiger partial charge is 0.454 e. The number of carbonyl (C=O) groups excluding carboxylic acids is 1. The van der Waals surface area contributed by atoms with Gasteiger partial charge in [0, 0.05) is 6.04 Å². The van der Waals surface area contributed by atoms with Crippen molar-refractivity contribution in [3.63, 3.8) is 0 Å². The highest BCUT2D eigenvalue weighted by Gasteiger charge is 2.17. The van der Waals surface area contributed by atoms with Crippen LogP contribution in [0.1, 0.15) is 25.5 Å². The Kier molecular flexibility index (Phi) is 3.19. The topological polar surface area (TPSA) is 73.6 Å². The van der Waals surface area contributed by atoms with Crippen molar-refractivity contribution in [2.24, 2.45) is 5.73 Å². The van der Waals surface area contributed by atoms with Crippen LogP contribution in [0.15, 0.2) is 18.2 Å². The van der Waals surface area contributed by atoms with Crippen molar-refractivity contribution >= 4 is 5.91 Å². The van der Waals surface area contributed by atoms with Crippen LogP contribution in [0, 0.1) is 0 Å². The van der Waals surface area contributed by atoms with Crippen molar-refractivity contribution in [1.29, 1.82) is 0 Å². The maximum atomic E-state index is 11.0. The lowest BCUT2D eigenvalue weighted by atomic mass is 10.1. The predicted octanol–water partition coefficient (Wildman–Crippen LogP) is 0.940. The highest BCUT2D eigenvalue weighted by molar-refractivity contribution is 5.79. The van der Waals surface area contributed by atoms with Gasteiger partial charge in [0.1, 0.15) is 0 Å². The van der Waals surface area contributed by atoms with Crippen molar-refractivity contribution in [3.8, 4) is 11.5 Å². The number of amides is 1. The molecule has 0 aromatic heterocycles. The minimum absolute atomic E-state index is 0.0204. The number of hydrogen-bond acceptors (Lipinski definition) is 4. The first-order valence-corrected chi connectivity index (χ1v) is 5.53. The summed E-state index contributed by atoms with van der Waals surface area (Å²) in [7, 11) is 0. The summed E-state index contributed by atoms with van der Waals surface area (Å²) in [5, 5.41) is 3.12. The summed E-state index contributed by atoms with van der Waals surface area (Å²) in [4.78, 5) is 11.0. The summed E-state index contributed by atoms with van der Waals surface area (Å²) in [6.45, 7) is 3.97. The van der Waals surface area contributed by atoms with Gasteiger partial charge in [0.2, 0.25) is 12.7 Å². The van der Waals surface area contributed by atoms with Gasteiger partial charge in [0.25, 0.3) is 0 Å². The third kappa shape index (κ3) is 2.50. The Morgan fingerprint density at radius 1 is 1.35 bits per heavy atom. The van der Waals surface area contributed by atoms with Gasteiger partial charge in [-0.25, -0.2) is 0 Å². The van der Waals surface area contributed by atoms with Gasteiger partial charge in [-0.3, -0.25) is 10.1 Å². The molecule has 17 heavy (non-hydrogen) atoms. The van der Waals surface area contributed by atoms with E-state index >= 15 is 0 Å². The van der Waals surface area contributed by atoms with Crippen LogP contribution in [-0.2, 0) is 4.79 Å². The third-order valence-electron chi connectivity index (χ3n) is 2.82. The number of benzene rings is 1. The molecule has 1 aliphatic heterocycles. The van der Waals surface area contributed by atoms with Crippen molar-refractivity contribution in [3.05, 3.63) is 23.8 Å². The van der Waals surface area contributed by atoms with Gasteiger partial charge >= 0.3 is 0 Å². The zero-order valence-electron chi connectivity index (χ0n) is 9.90. The average Bonchev–Trinajstić information content (AvgIpc) is 2.75. The molecule has 1 amide bonds. The van der Waals surface area contributed by atoms with E-state index in [4.69, 9.17) is 15.2 Å². The number of ether oxygens (including phenoxy) is 2. The highest BCUT2D eigenvalue weighted by atomic mass is 16.7. The van der Waals surface area contributed by atoms with Gasteiger partial charge in [0.05, 0.1) is 6.04 Å². The first kappa shape index (κ1) is 11.7. The molecule has 5 heteroatoms. The molecule has 0 bridgehead atoms. The van der Waals surface area contributed by atoms with Gasteiger partial charge < -0.3 is 15.2 Å². The predicted molar refractivity (Wildman–Crippen MR) is 62.8 cm³/mol. The van der Waals surface area contributed by atoms with Crippen LogP contribution in [0.25, 0.3) is 0 Å². The summed E-state index contributed by atoms with van der Waals surface area (Å²) >= 11 is 0. The molecule has 2 atom stereocenters. The van der Waals surface area contributed by atoms with E-state index < -0.39 is 0 Å². The zero-order valence-corrected chi connectivity index (χ0v) is 9.90. The van der Waals surface area contributed by atoms with E-state index in [1.807, 2.05) is 25.1 Å². The van der Waals surface area contributed by atoms with E-state index in [1.54, 1.807) is 6.92 Å². The molecule has 5 nitrogen and oxygen atoms in total. The van der Waals surface area contributed by atoms with Gasteiger partial charge in [-0.05, 0) is 31.5 Å². The van der Waals surface area contributed by atoms with Crippen molar-refractivity contribution < 1.29 is 14.3 Å². The molecule has 1 aromatic carbocycles. The fourth-order valence-corrected chi connectivity index (χ4v) is 1.74. The van der Waals surface area contributed by atoms with E-state index in [9.17, 15) is 4.79 Å². The first-order valence-electron chi connectivity index (χ1n) is 5.53. The molecule has 3 N–H and O–H groups in total. The smallest absolute Gasteiger partial charge is 0.234 e. The van der Waals surface area contributed by atoms with Crippen molar-refractivity contribution in [2.45, 2.75) is 25.9 Å². The summed E-state index contributed by atoms with van der Waals surface area (Å²) in [5.74, 6) is 1.13. The second kappa shape index (κ2) is 4.63. The standard InChI is InChI=1S/C12H16N2O3/c1-7(14-8(2)12(13)15)9-3-4-10-11(5-9)17-6-16-10/h3-5,7-8,14H,6H2,1-2H3,(H2,13,15). The Bertz CT molecular complexity index is 434. The summed E-state index contributed by atoms with van der Waals surface area (Å²) in [6, 6.07) is 5.37. The van der Waals surface area contributed by atoms with Gasteiger partial charge in [-0.1, -0.05) is 6.07 Å². The molecule has 92 valence electrons. The summed E-state index contributed by atoms with van der Waals surface area (Å²) < 4.78 is 10.5. The van der Waals surface area contributed by atoms with Gasteiger partial charge in [-0.15, -0.1) is 0 Å². The van der Waals surface area contributed by atoms with Crippen LogP contribution in [0.5, 0.6) is 11.5 Å². The number of carbonyl (C=O) groups is 1. The Morgan fingerprint density at radius 2 is 2.06 bits per heavy atom. The summed E-state index contributed by atoms with van der Waals surface area (Å²) in [6.07, 6.45) is 0. The quantitative estimate of drug-likeness (QED) is 0.816. The van der Waals surface area contributed by atoms with Crippen LogP contribution >= 0.6 is 0 Å². The minimum atomic E-state index is -0.365. The van der Waals surface area contributed by atoms with Crippen LogP contribution in [0.4, 0.5) is 0 Å². The van der Waals surface area contributed by atoms with E-state index in [1.165, 1.54) is 0 Å². The average molecular weight is 236 g/mol. The van der Waals surface area contributed by atoms with Crippen LogP contribution in [0.2, 0.25) is 0 Å². The van der Waals surface area contributed by atoms with Crippen molar-refractivity contribution in [1.82, 2.24) is 5.32 Å². The maximum Gasteiger partial charge on any atom is 0.234 e. The maximum absolute atomic E-state index is 11.0. The number of nitrogens with two attached hydrogens (primary N) is 1. The Balaban J connectivity index is 2.09. The molecule has 2 rings (SSSR count). The Morgan fingerprint density at radius 3 is 2.76 bits per heavy atom. The molecule has 0 radical (unpaired) electrons. The number of primary amides is 1. The molecule has 0 aliphatic carbocycles. The molecule has 0 spiro atoms. The van der Waals surface area contributed by atoms with E-state index in [2.05, 4.69) is 5.32 Å². The third-order valence-corrected chi connectivity index (χ3v) is 2.82. The summed E-state index contributed by atoms with van der Waals surface area (Å²) in [5.41, 5.74) is 6.24. The molecule has 1 aliphatic rings. The van der Waals surface area contributed by atoms with Crippen LogP contribution < -0.4 is 20.5 Å². The number of hydrogen-bond donors (Lipinski definition) is 2. The highest BCUT2D eigenvalue weighted by Crippen LogP contribution is 2.34. The van der Waals surface area contributed by atoms with Crippen LogP contribution in [0.3, 0.4) is 0 Å². The lowest BCUT2D eigenvalue weighted by Crippen LogP contribution is -2.39. The Labute approximate surface area is 99.9 Å². The lowest BCUT2D eigenvalue weighted by Gasteiger charge is -2.18. The number of fused-ring (bicyclic) bond motifs is 1. The van der Waals surface area contributed by atoms with E-state index in [0.717, 1.165) is 17.1 Å². The second-order valence-corrected chi connectivity index (χ2v) is 4.13.